The Balaban J connectivity index is 1.36. The van der Waals surface area contributed by atoms with Crippen LogP contribution in [-0.2, 0) is 16.1 Å². The van der Waals surface area contributed by atoms with Gasteiger partial charge in [0.2, 0.25) is 5.91 Å². The minimum absolute atomic E-state index is 0.00795. The molecule has 2 aliphatic heterocycles. The number of amides is 3. The number of piperidine rings is 1. The molecule has 186 valence electrons. The monoisotopic (exact) mass is 503 g/mol. The summed E-state index contributed by atoms with van der Waals surface area (Å²) in [5.41, 5.74) is 1.62. The summed E-state index contributed by atoms with van der Waals surface area (Å²) in [6.07, 6.45) is 0.897. The summed E-state index contributed by atoms with van der Waals surface area (Å²) in [6.45, 7) is 3.37. The van der Waals surface area contributed by atoms with E-state index in [0.29, 0.717) is 42.9 Å². The molecule has 2 saturated heterocycles. The van der Waals surface area contributed by atoms with Crippen molar-refractivity contribution in [1.82, 2.24) is 15.1 Å². The van der Waals surface area contributed by atoms with Crippen molar-refractivity contribution in [3.05, 3.63) is 93.7 Å². The number of benzene rings is 2. The summed E-state index contributed by atoms with van der Waals surface area (Å²) in [5.74, 6) is -0.481. The smallest absolute Gasteiger partial charge is 0.263 e. The molecule has 1 atom stereocenters. The number of nitrogens with one attached hydrogen (secondary N) is 1. The van der Waals surface area contributed by atoms with Gasteiger partial charge in [0.25, 0.3) is 11.8 Å². The summed E-state index contributed by atoms with van der Waals surface area (Å²) in [6, 6.07) is 20.0. The van der Waals surface area contributed by atoms with Gasteiger partial charge < -0.3 is 15.0 Å². The minimum Gasteiger partial charge on any atom is -0.353 e. The maximum absolute atomic E-state index is 13.8. The second-order valence-corrected chi connectivity index (χ2v) is 10.2. The lowest BCUT2D eigenvalue weighted by Crippen LogP contribution is -2.59. The Kier molecular flexibility index (Phi) is 6.89. The van der Waals surface area contributed by atoms with Crippen LogP contribution < -0.4 is 5.32 Å². The molecule has 7 nitrogen and oxygen atoms in total. The Hall–Kier alpha value is -3.49. The standard InChI is InChI=1S/C28H29N3O4S/c1-20-9-11-22(12-10-20)26(33)31-23(25(32)29-18-21-6-3-2-4-7-21)19-35-28(31)13-15-30(16-14-28)27(34)24-8-5-17-36-24/h2-12,17,23H,13-16,18-19H2,1H3,(H,29,32). The number of carbonyl (C=O) groups is 3. The van der Waals surface area contributed by atoms with Gasteiger partial charge in [-0.25, -0.2) is 0 Å². The Bertz CT molecular complexity index is 1220. The van der Waals surface area contributed by atoms with E-state index >= 15 is 0 Å². The van der Waals surface area contributed by atoms with E-state index in [1.807, 2.05) is 66.9 Å². The molecule has 0 saturated carbocycles. The van der Waals surface area contributed by atoms with Crippen molar-refractivity contribution < 1.29 is 19.1 Å². The number of carbonyl (C=O) groups excluding carboxylic acids is 3. The summed E-state index contributed by atoms with van der Waals surface area (Å²) >= 11 is 1.42. The zero-order valence-corrected chi connectivity index (χ0v) is 21.0. The topological polar surface area (TPSA) is 79.0 Å². The molecule has 1 unspecified atom stereocenters. The Morgan fingerprint density at radius 3 is 2.36 bits per heavy atom. The van der Waals surface area contributed by atoms with E-state index in [1.54, 1.807) is 21.9 Å². The van der Waals surface area contributed by atoms with Gasteiger partial charge >= 0.3 is 0 Å². The Labute approximate surface area is 214 Å². The summed E-state index contributed by atoms with van der Waals surface area (Å²) in [7, 11) is 0. The molecule has 3 amide bonds. The van der Waals surface area contributed by atoms with Crippen LogP contribution in [0.5, 0.6) is 0 Å². The van der Waals surface area contributed by atoms with Crippen LogP contribution in [0.15, 0.2) is 72.1 Å². The van der Waals surface area contributed by atoms with Crippen LogP contribution in [-0.4, -0.2) is 59.0 Å². The molecule has 3 heterocycles. The molecule has 36 heavy (non-hydrogen) atoms. The van der Waals surface area contributed by atoms with Crippen LogP contribution in [0.25, 0.3) is 0 Å². The normalized spacial score (nSPS) is 18.9. The number of nitrogens with zero attached hydrogens (tertiary/aromatic N) is 2. The first-order valence-electron chi connectivity index (χ1n) is 12.2. The van der Waals surface area contributed by atoms with E-state index in [4.69, 9.17) is 4.74 Å². The highest BCUT2D eigenvalue weighted by Crippen LogP contribution is 2.39. The fourth-order valence-corrected chi connectivity index (χ4v) is 5.61. The van der Waals surface area contributed by atoms with Crippen LogP contribution in [0.3, 0.4) is 0 Å². The predicted octanol–water partition coefficient (Wildman–Crippen LogP) is 3.85. The molecule has 0 radical (unpaired) electrons. The Morgan fingerprint density at radius 1 is 0.972 bits per heavy atom. The van der Waals surface area contributed by atoms with Gasteiger partial charge in [-0.3, -0.25) is 19.3 Å². The molecule has 5 rings (SSSR count). The number of thiophene rings is 1. The number of rotatable bonds is 5. The molecular formula is C28H29N3O4S. The predicted molar refractivity (Wildman–Crippen MR) is 138 cm³/mol. The third kappa shape index (κ3) is 4.79. The van der Waals surface area contributed by atoms with Crippen LogP contribution in [0.1, 0.15) is 44.0 Å². The van der Waals surface area contributed by atoms with Gasteiger partial charge in [-0.1, -0.05) is 54.1 Å². The van der Waals surface area contributed by atoms with Gasteiger partial charge in [0.05, 0.1) is 11.5 Å². The Morgan fingerprint density at radius 2 is 1.69 bits per heavy atom. The highest BCUT2D eigenvalue weighted by molar-refractivity contribution is 7.12. The van der Waals surface area contributed by atoms with Crippen molar-refractivity contribution in [2.24, 2.45) is 0 Å². The van der Waals surface area contributed by atoms with Crippen molar-refractivity contribution in [3.63, 3.8) is 0 Å². The average Bonchev–Trinajstić information content (AvgIpc) is 3.57. The lowest BCUT2D eigenvalue weighted by atomic mass is 9.96. The molecule has 0 bridgehead atoms. The average molecular weight is 504 g/mol. The second-order valence-electron chi connectivity index (χ2n) is 9.29. The van der Waals surface area contributed by atoms with E-state index in [9.17, 15) is 14.4 Å². The fraction of sp³-hybridized carbons (Fsp3) is 0.321. The van der Waals surface area contributed by atoms with E-state index in [0.717, 1.165) is 11.1 Å². The molecule has 2 aliphatic rings. The van der Waals surface area contributed by atoms with E-state index < -0.39 is 11.8 Å². The minimum atomic E-state index is -0.928. The van der Waals surface area contributed by atoms with Crippen molar-refractivity contribution in [1.29, 1.82) is 0 Å². The molecule has 1 spiro atoms. The maximum Gasteiger partial charge on any atom is 0.263 e. The van der Waals surface area contributed by atoms with Gasteiger partial charge in [-0.05, 0) is 36.1 Å². The number of likely N-dealkylation sites (tertiary alicyclic amines) is 1. The highest BCUT2D eigenvalue weighted by atomic mass is 32.1. The molecular weight excluding hydrogens is 474 g/mol. The maximum atomic E-state index is 13.8. The van der Waals surface area contributed by atoms with Crippen molar-refractivity contribution >= 4 is 29.1 Å². The first-order valence-corrected chi connectivity index (χ1v) is 13.0. The van der Waals surface area contributed by atoms with E-state index in [1.165, 1.54) is 11.3 Å². The van der Waals surface area contributed by atoms with E-state index in [-0.39, 0.29) is 24.3 Å². The van der Waals surface area contributed by atoms with Gasteiger partial charge in [0.1, 0.15) is 11.8 Å². The second kappa shape index (κ2) is 10.2. The number of hydrogen-bond donors (Lipinski definition) is 1. The van der Waals surface area contributed by atoms with Crippen molar-refractivity contribution in [2.75, 3.05) is 19.7 Å². The molecule has 2 aromatic carbocycles. The van der Waals surface area contributed by atoms with Gasteiger partial charge in [0, 0.05) is 38.0 Å². The third-order valence-corrected chi connectivity index (χ3v) is 7.81. The van der Waals surface area contributed by atoms with Crippen LogP contribution in [0.2, 0.25) is 0 Å². The quantitative estimate of drug-likeness (QED) is 0.574. The highest BCUT2D eigenvalue weighted by Gasteiger charge is 2.54. The van der Waals surface area contributed by atoms with Crippen LogP contribution >= 0.6 is 11.3 Å². The summed E-state index contributed by atoms with van der Waals surface area (Å²) in [5, 5.41) is 4.87. The summed E-state index contributed by atoms with van der Waals surface area (Å²) < 4.78 is 6.27. The largest absolute Gasteiger partial charge is 0.353 e. The zero-order chi connectivity index (χ0) is 25.1. The van der Waals surface area contributed by atoms with Crippen molar-refractivity contribution in [3.8, 4) is 0 Å². The lowest BCUT2D eigenvalue weighted by molar-refractivity contribution is -0.128. The molecule has 1 N–H and O–H groups in total. The number of ether oxygens (including phenoxy) is 1. The molecule has 8 heteroatoms. The molecule has 1 aromatic heterocycles. The first kappa shape index (κ1) is 24.2. The number of aryl methyl sites for hydroxylation is 1. The van der Waals surface area contributed by atoms with Crippen molar-refractivity contribution in [2.45, 2.75) is 38.1 Å². The SMILES string of the molecule is Cc1ccc(C(=O)N2C(C(=O)NCc3ccccc3)COC23CCN(C(=O)c2cccs2)CC3)cc1. The van der Waals surface area contributed by atoms with Gasteiger partial charge in [-0.2, -0.15) is 0 Å². The van der Waals surface area contributed by atoms with E-state index in [2.05, 4.69) is 5.32 Å². The number of hydrogen-bond acceptors (Lipinski definition) is 5. The van der Waals surface area contributed by atoms with Gasteiger partial charge in [0.15, 0.2) is 0 Å². The van der Waals surface area contributed by atoms with Crippen LogP contribution in [0, 0.1) is 6.92 Å². The first-order chi connectivity index (χ1) is 17.5. The third-order valence-electron chi connectivity index (χ3n) is 6.95. The van der Waals surface area contributed by atoms with Crippen LogP contribution in [0.4, 0.5) is 0 Å². The molecule has 3 aromatic rings. The fourth-order valence-electron chi connectivity index (χ4n) is 4.92. The lowest BCUT2D eigenvalue weighted by Gasteiger charge is -2.44. The molecule has 0 aliphatic carbocycles. The van der Waals surface area contributed by atoms with Gasteiger partial charge in [-0.15, -0.1) is 11.3 Å². The summed E-state index contributed by atoms with van der Waals surface area (Å²) in [4.78, 5) is 44.1. The molecule has 2 fully saturated rings. The zero-order valence-electron chi connectivity index (χ0n) is 20.2.